The number of hydrogen-bond acceptors (Lipinski definition) is 7. The highest BCUT2D eigenvalue weighted by atomic mass is 32.2. The van der Waals surface area contributed by atoms with Gasteiger partial charge >= 0.3 is 0 Å². The number of aliphatic hydroxyl groups is 1. The average molecular weight is 523 g/mol. The zero-order valence-corrected chi connectivity index (χ0v) is 21.1. The van der Waals surface area contributed by atoms with Crippen LogP contribution in [0.1, 0.15) is 24.3 Å². The number of ether oxygens (including phenoxy) is 1. The Morgan fingerprint density at radius 3 is 2.36 bits per heavy atom. The smallest absolute Gasteiger partial charge is 0.238 e. The summed E-state index contributed by atoms with van der Waals surface area (Å²) in [6, 6.07) is 24.0. The van der Waals surface area contributed by atoms with Crippen LogP contribution in [0.25, 0.3) is 22.6 Å². The summed E-state index contributed by atoms with van der Waals surface area (Å²) in [4.78, 5) is 4.99. The molecule has 186 valence electrons. The third kappa shape index (κ3) is 5.71. The fraction of sp³-hybridized carbons (Fsp3) is 0.222. The van der Waals surface area contributed by atoms with Gasteiger partial charge < -0.3 is 14.3 Å². The Kier molecular flexibility index (Phi) is 7.00. The minimum atomic E-state index is -3.79. The molecule has 0 spiro atoms. The van der Waals surface area contributed by atoms with Crippen molar-refractivity contribution in [3.8, 4) is 22.6 Å². The van der Waals surface area contributed by atoms with Gasteiger partial charge in [0.25, 0.3) is 0 Å². The second-order valence-corrected chi connectivity index (χ2v) is 11.7. The van der Waals surface area contributed by atoms with Gasteiger partial charge in [-0.3, -0.25) is 0 Å². The van der Waals surface area contributed by atoms with Gasteiger partial charge in [0.2, 0.25) is 10.0 Å². The topological polar surface area (TPSA) is 116 Å². The summed E-state index contributed by atoms with van der Waals surface area (Å²) in [6.45, 7) is 1.12. The fourth-order valence-electron chi connectivity index (χ4n) is 4.13. The normalized spacial score (nSPS) is 15.6. The molecule has 3 aromatic carbocycles. The number of nitrogens with two attached hydrogens (primary N) is 1. The van der Waals surface area contributed by atoms with E-state index in [-0.39, 0.29) is 4.90 Å². The standard InChI is InChI=1S/C27H26N2O5S2/c28-36(31,32)23-11-9-21(10-12-23)26-25(20-6-2-1-3-7-20)29-24(34-26)18-19-5-4-8-22(17-19)35-27(30)13-15-33-16-14-27/h1-12,17,30H,13-16,18H2,(H2,28,31,32). The van der Waals surface area contributed by atoms with Crippen molar-refractivity contribution in [2.24, 2.45) is 5.14 Å². The van der Waals surface area contributed by atoms with Crippen molar-refractivity contribution in [1.82, 2.24) is 4.98 Å². The fourth-order valence-corrected chi connectivity index (χ4v) is 5.81. The molecule has 0 saturated carbocycles. The number of hydrogen-bond donors (Lipinski definition) is 2. The van der Waals surface area contributed by atoms with Gasteiger partial charge in [-0.25, -0.2) is 18.5 Å². The predicted molar refractivity (Wildman–Crippen MR) is 139 cm³/mol. The van der Waals surface area contributed by atoms with E-state index in [0.29, 0.717) is 55.4 Å². The molecule has 1 aliphatic rings. The van der Waals surface area contributed by atoms with E-state index >= 15 is 0 Å². The minimum Gasteiger partial charge on any atom is -0.440 e. The Hall–Kier alpha value is -2.95. The van der Waals surface area contributed by atoms with Crippen molar-refractivity contribution < 1.29 is 22.7 Å². The molecule has 0 radical (unpaired) electrons. The molecular formula is C27H26N2O5S2. The van der Waals surface area contributed by atoms with E-state index in [1.807, 2.05) is 54.6 Å². The van der Waals surface area contributed by atoms with Crippen LogP contribution in [0.15, 0.2) is 93.1 Å². The number of benzene rings is 3. The summed E-state index contributed by atoms with van der Waals surface area (Å²) in [5.41, 5.74) is 3.28. The molecular weight excluding hydrogens is 496 g/mol. The Morgan fingerprint density at radius 2 is 1.67 bits per heavy atom. The van der Waals surface area contributed by atoms with Gasteiger partial charge in [-0.05, 0) is 42.0 Å². The third-order valence-corrected chi connectivity index (χ3v) is 8.21. The van der Waals surface area contributed by atoms with Crippen molar-refractivity contribution in [1.29, 1.82) is 0 Å². The highest BCUT2D eigenvalue weighted by molar-refractivity contribution is 8.00. The van der Waals surface area contributed by atoms with Crippen LogP contribution in [-0.2, 0) is 21.2 Å². The van der Waals surface area contributed by atoms with Crippen molar-refractivity contribution in [3.05, 3.63) is 90.3 Å². The van der Waals surface area contributed by atoms with E-state index in [1.165, 1.54) is 23.9 Å². The van der Waals surface area contributed by atoms with Crippen LogP contribution in [0.5, 0.6) is 0 Å². The Morgan fingerprint density at radius 1 is 0.944 bits per heavy atom. The van der Waals surface area contributed by atoms with Crippen LogP contribution in [-0.4, -0.2) is 36.7 Å². The molecule has 1 aromatic heterocycles. The molecule has 0 unspecified atom stereocenters. The predicted octanol–water partition coefficient (Wildman–Crippen LogP) is 4.84. The maximum absolute atomic E-state index is 11.7. The lowest BCUT2D eigenvalue weighted by Gasteiger charge is -2.31. The molecule has 0 aliphatic carbocycles. The molecule has 36 heavy (non-hydrogen) atoms. The van der Waals surface area contributed by atoms with Crippen LogP contribution in [0.3, 0.4) is 0 Å². The molecule has 3 N–H and O–H groups in total. The summed E-state index contributed by atoms with van der Waals surface area (Å²) in [5.74, 6) is 1.09. The summed E-state index contributed by atoms with van der Waals surface area (Å²) in [5, 5.41) is 16.1. The number of oxazole rings is 1. The van der Waals surface area contributed by atoms with Gasteiger partial charge in [0.05, 0.1) is 18.1 Å². The van der Waals surface area contributed by atoms with Gasteiger partial charge in [0.15, 0.2) is 11.7 Å². The SMILES string of the molecule is NS(=O)(=O)c1ccc(-c2oc(Cc3cccc(SC4(O)CCOCC4)c3)nc2-c2ccccc2)cc1. The van der Waals surface area contributed by atoms with Crippen molar-refractivity contribution in [2.75, 3.05) is 13.2 Å². The Bertz CT molecular complexity index is 1450. The summed E-state index contributed by atoms with van der Waals surface area (Å²) >= 11 is 1.46. The first kappa shape index (κ1) is 24.7. The summed E-state index contributed by atoms with van der Waals surface area (Å²) < 4.78 is 35.0. The Labute approximate surface area is 214 Å². The lowest BCUT2D eigenvalue weighted by molar-refractivity contribution is -0.00598. The second kappa shape index (κ2) is 10.2. The number of primary sulfonamides is 1. The molecule has 2 heterocycles. The molecule has 0 amide bonds. The zero-order chi connectivity index (χ0) is 25.2. The van der Waals surface area contributed by atoms with E-state index in [2.05, 4.69) is 0 Å². The number of thioether (sulfide) groups is 1. The maximum atomic E-state index is 11.7. The van der Waals surface area contributed by atoms with E-state index in [9.17, 15) is 13.5 Å². The summed E-state index contributed by atoms with van der Waals surface area (Å²) in [6.07, 6.45) is 1.65. The quantitative estimate of drug-likeness (QED) is 0.334. The molecule has 1 saturated heterocycles. The second-order valence-electron chi connectivity index (χ2n) is 8.71. The molecule has 9 heteroatoms. The number of nitrogens with zero attached hydrogens (tertiary/aromatic N) is 1. The first-order valence-electron chi connectivity index (χ1n) is 11.6. The van der Waals surface area contributed by atoms with Crippen LogP contribution < -0.4 is 5.14 Å². The average Bonchev–Trinajstić information content (AvgIpc) is 3.28. The molecule has 5 rings (SSSR count). The van der Waals surface area contributed by atoms with E-state index in [0.717, 1.165) is 16.0 Å². The first-order chi connectivity index (χ1) is 17.3. The molecule has 0 atom stereocenters. The first-order valence-corrected chi connectivity index (χ1v) is 13.9. The molecule has 4 aromatic rings. The van der Waals surface area contributed by atoms with E-state index in [1.54, 1.807) is 12.1 Å². The largest absolute Gasteiger partial charge is 0.440 e. The lowest BCUT2D eigenvalue weighted by atomic mass is 10.1. The number of rotatable bonds is 7. The van der Waals surface area contributed by atoms with Crippen LogP contribution in [0, 0.1) is 0 Å². The van der Waals surface area contributed by atoms with Gasteiger partial charge in [0.1, 0.15) is 10.6 Å². The lowest BCUT2D eigenvalue weighted by Crippen LogP contribution is -2.32. The van der Waals surface area contributed by atoms with Gasteiger partial charge in [-0.2, -0.15) is 0 Å². The van der Waals surface area contributed by atoms with Crippen LogP contribution in [0.2, 0.25) is 0 Å². The van der Waals surface area contributed by atoms with Gasteiger partial charge in [-0.15, -0.1) is 0 Å². The summed E-state index contributed by atoms with van der Waals surface area (Å²) in [7, 11) is -3.79. The zero-order valence-electron chi connectivity index (χ0n) is 19.5. The van der Waals surface area contributed by atoms with Crippen LogP contribution in [0.4, 0.5) is 0 Å². The van der Waals surface area contributed by atoms with Crippen molar-refractivity contribution >= 4 is 21.8 Å². The van der Waals surface area contributed by atoms with Crippen molar-refractivity contribution in [2.45, 2.75) is 34.0 Å². The van der Waals surface area contributed by atoms with Crippen LogP contribution >= 0.6 is 11.8 Å². The molecule has 1 aliphatic heterocycles. The molecule has 1 fully saturated rings. The van der Waals surface area contributed by atoms with Gasteiger partial charge in [-0.1, -0.05) is 54.2 Å². The highest BCUT2D eigenvalue weighted by Gasteiger charge is 2.31. The monoisotopic (exact) mass is 522 g/mol. The molecule has 7 nitrogen and oxygen atoms in total. The maximum Gasteiger partial charge on any atom is 0.238 e. The van der Waals surface area contributed by atoms with Crippen molar-refractivity contribution in [3.63, 3.8) is 0 Å². The number of aromatic nitrogens is 1. The molecule has 0 bridgehead atoms. The van der Waals surface area contributed by atoms with E-state index in [4.69, 9.17) is 19.3 Å². The highest BCUT2D eigenvalue weighted by Crippen LogP contribution is 2.39. The Balaban J connectivity index is 1.45. The number of sulfonamides is 1. The van der Waals surface area contributed by atoms with E-state index < -0.39 is 15.0 Å². The minimum absolute atomic E-state index is 0.0350. The third-order valence-electron chi connectivity index (χ3n) is 6.00. The van der Waals surface area contributed by atoms with Gasteiger partial charge in [0, 0.05) is 35.3 Å².